The van der Waals surface area contributed by atoms with E-state index in [0.29, 0.717) is 5.92 Å². The molecule has 0 saturated carbocycles. The smallest absolute Gasteiger partial charge is 0.212 e. The van der Waals surface area contributed by atoms with Gasteiger partial charge in [-0.05, 0) is 12.8 Å². The van der Waals surface area contributed by atoms with Crippen LogP contribution in [0.3, 0.4) is 0 Å². The van der Waals surface area contributed by atoms with Crippen molar-refractivity contribution in [2.24, 2.45) is 5.92 Å². The molecule has 0 bridgehead atoms. The second-order valence-electron chi connectivity index (χ2n) is 3.16. The summed E-state index contributed by atoms with van der Waals surface area (Å²) in [6.07, 6.45) is 0. The average Bonchev–Trinajstić information content (AvgIpc) is 1.85. The lowest BCUT2D eigenvalue weighted by molar-refractivity contribution is 0.477. The molecule has 0 aliphatic carbocycles. The van der Waals surface area contributed by atoms with E-state index < -0.39 is 10.0 Å². The lowest BCUT2D eigenvalue weighted by Gasteiger charge is -2.16. The van der Waals surface area contributed by atoms with E-state index in [1.54, 1.807) is 0 Å². The summed E-state index contributed by atoms with van der Waals surface area (Å²) in [6, 6.07) is -0.0294. The van der Waals surface area contributed by atoms with E-state index in [2.05, 4.69) is 4.72 Å². The molecule has 0 aliphatic rings. The topological polar surface area (TPSA) is 46.2 Å². The number of nitrogens with one attached hydrogen (secondary N) is 1. The minimum Gasteiger partial charge on any atom is -0.212 e. The Hall–Kier alpha value is 0.200. The van der Waals surface area contributed by atoms with Crippen LogP contribution < -0.4 is 4.72 Å². The molecule has 1 unspecified atom stereocenters. The molecule has 0 fully saturated rings. The molecule has 0 saturated heterocycles. The Morgan fingerprint density at radius 1 is 1.33 bits per heavy atom. The molecule has 0 aromatic carbocycles. The molecule has 0 spiro atoms. The fourth-order valence-electron chi connectivity index (χ4n) is 0.580. The molecule has 12 heavy (non-hydrogen) atoms. The van der Waals surface area contributed by atoms with E-state index >= 15 is 0 Å². The van der Waals surface area contributed by atoms with Gasteiger partial charge in [0.15, 0.2) is 0 Å². The zero-order valence-electron chi connectivity index (χ0n) is 7.67. The van der Waals surface area contributed by atoms with Gasteiger partial charge in [0.2, 0.25) is 10.0 Å². The molecule has 1 N–H and O–H groups in total. The number of hydrogen-bond acceptors (Lipinski definition) is 2. The zero-order valence-corrected chi connectivity index (χ0v) is 9.24. The second-order valence-corrected chi connectivity index (χ2v) is 5.41. The third-order valence-electron chi connectivity index (χ3n) is 1.71. The predicted molar refractivity (Wildman–Crippen MR) is 51.9 cm³/mol. The number of alkyl halides is 1. The first kappa shape index (κ1) is 12.2. The first-order chi connectivity index (χ1) is 5.39. The Balaban J connectivity index is 4.07. The summed E-state index contributed by atoms with van der Waals surface area (Å²) in [7, 11) is -3.16. The van der Waals surface area contributed by atoms with E-state index in [4.69, 9.17) is 11.6 Å². The van der Waals surface area contributed by atoms with Gasteiger partial charge in [-0.3, -0.25) is 0 Å². The lowest BCUT2D eigenvalue weighted by Crippen LogP contribution is -2.37. The first-order valence-electron chi connectivity index (χ1n) is 3.95. The summed E-state index contributed by atoms with van der Waals surface area (Å²) >= 11 is 5.33. The largest absolute Gasteiger partial charge is 0.213 e. The van der Waals surface area contributed by atoms with Crippen LogP contribution in [-0.4, -0.2) is 26.1 Å². The van der Waals surface area contributed by atoms with Crippen LogP contribution in [0.1, 0.15) is 20.8 Å². The maximum absolute atomic E-state index is 11.1. The van der Waals surface area contributed by atoms with Crippen LogP contribution in [0.5, 0.6) is 0 Å². The highest BCUT2D eigenvalue weighted by atomic mass is 35.5. The van der Waals surface area contributed by atoms with Crippen LogP contribution in [0.4, 0.5) is 0 Å². The summed E-state index contributed by atoms with van der Waals surface area (Å²) in [5.41, 5.74) is 0. The fourth-order valence-corrected chi connectivity index (χ4v) is 2.35. The minimum atomic E-state index is -3.16. The highest BCUT2D eigenvalue weighted by Gasteiger charge is 2.15. The predicted octanol–water partition coefficient (Wildman–Crippen LogP) is 1.19. The monoisotopic (exact) mass is 213 g/mol. The molecule has 5 heteroatoms. The molecule has 0 aromatic rings. The molecule has 0 radical (unpaired) electrons. The maximum Gasteiger partial charge on any atom is 0.213 e. The summed E-state index contributed by atoms with van der Waals surface area (Å²) in [6.45, 7) is 5.78. The van der Waals surface area contributed by atoms with Gasteiger partial charge in [0.1, 0.15) is 0 Å². The summed E-state index contributed by atoms with van der Waals surface area (Å²) in [4.78, 5) is 0. The standard InChI is InChI=1S/C7H16ClNO2S/c1-6(2)7(3)9-12(10,11)5-4-8/h6-7,9H,4-5H2,1-3H3. The van der Waals surface area contributed by atoms with Crippen molar-refractivity contribution in [3.63, 3.8) is 0 Å². The maximum atomic E-state index is 11.1. The van der Waals surface area contributed by atoms with Crippen molar-refractivity contribution in [1.82, 2.24) is 4.72 Å². The molecule has 0 aromatic heterocycles. The van der Waals surface area contributed by atoms with Crippen LogP contribution in [0.2, 0.25) is 0 Å². The zero-order chi connectivity index (χ0) is 9.78. The SMILES string of the molecule is CC(C)C(C)NS(=O)(=O)CCCl. The Kier molecular flexibility index (Phi) is 5.13. The quantitative estimate of drug-likeness (QED) is 0.698. The summed E-state index contributed by atoms with van der Waals surface area (Å²) in [5, 5.41) is 0. The third kappa shape index (κ3) is 4.95. The van der Waals surface area contributed by atoms with Crippen molar-refractivity contribution >= 4 is 21.6 Å². The van der Waals surface area contributed by atoms with E-state index in [1.807, 2.05) is 20.8 Å². The Labute approximate surface area is 79.5 Å². The van der Waals surface area contributed by atoms with Crippen molar-refractivity contribution in [2.45, 2.75) is 26.8 Å². The molecule has 0 rings (SSSR count). The van der Waals surface area contributed by atoms with Crippen molar-refractivity contribution in [3.8, 4) is 0 Å². The Bertz CT molecular complexity index is 213. The van der Waals surface area contributed by atoms with Crippen LogP contribution in [-0.2, 0) is 10.0 Å². The third-order valence-corrected chi connectivity index (χ3v) is 3.60. The van der Waals surface area contributed by atoms with Gasteiger partial charge in [-0.2, -0.15) is 0 Å². The molecular weight excluding hydrogens is 198 g/mol. The number of rotatable bonds is 5. The molecule has 3 nitrogen and oxygen atoms in total. The van der Waals surface area contributed by atoms with Gasteiger partial charge < -0.3 is 0 Å². The second kappa shape index (κ2) is 5.04. The van der Waals surface area contributed by atoms with Crippen molar-refractivity contribution in [1.29, 1.82) is 0 Å². The molecule has 0 amide bonds. The van der Waals surface area contributed by atoms with Crippen LogP contribution >= 0.6 is 11.6 Å². The van der Waals surface area contributed by atoms with Gasteiger partial charge in [-0.15, -0.1) is 11.6 Å². The molecule has 0 heterocycles. The number of hydrogen-bond donors (Lipinski definition) is 1. The van der Waals surface area contributed by atoms with Gasteiger partial charge >= 0.3 is 0 Å². The average molecular weight is 214 g/mol. The molecule has 0 aliphatic heterocycles. The van der Waals surface area contributed by atoms with Crippen molar-refractivity contribution < 1.29 is 8.42 Å². The van der Waals surface area contributed by atoms with Gasteiger partial charge in [0.05, 0.1) is 5.75 Å². The minimum absolute atomic E-state index is 0.00832. The lowest BCUT2D eigenvalue weighted by atomic mass is 10.1. The molecule has 1 atom stereocenters. The number of sulfonamides is 1. The Morgan fingerprint density at radius 2 is 1.83 bits per heavy atom. The summed E-state index contributed by atoms with van der Waals surface area (Å²) < 4.78 is 24.8. The first-order valence-corrected chi connectivity index (χ1v) is 6.13. The summed E-state index contributed by atoms with van der Waals surface area (Å²) in [5.74, 6) is 0.432. The van der Waals surface area contributed by atoms with E-state index in [0.717, 1.165) is 0 Å². The van der Waals surface area contributed by atoms with Gasteiger partial charge in [0, 0.05) is 11.9 Å². The van der Waals surface area contributed by atoms with Crippen molar-refractivity contribution in [3.05, 3.63) is 0 Å². The Morgan fingerprint density at radius 3 is 2.17 bits per heavy atom. The fraction of sp³-hybridized carbons (Fsp3) is 1.00. The normalized spacial score (nSPS) is 15.1. The van der Waals surface area contributed by atoms with E-state index in [-0.39, 0.29) is 17.7 Å². The van der Waals surface area contributed by atoms with Crippen LogP contribution in [0, 0.1) is 5.92 Å². The van der Waals surface area contributed by atoms with Crippen molar-refractivity contribution in [2.75, 3.05) is 11.6 Å². The van der Waals surface area contributed by atoms with E-state index in [1.165, 1.54) is 0 Å². The van der Waals surface area contributed by atoms with Gasteiger partial charge in [0.25, 0.3) is 0 Å². The van der Waals surface area contributed by atoms with Gasteiger partial charge in [-0.1, -0.05) is 13.8 Å². The van der Waals surface area contributed by atoms with Crippen LogP contribution in [0.15, 0.2) is 0 Å². The van der Waals surface area contributed by atoms with E-state index in [9.17, 15) is 8.42 Å². The highest BCUT2D eigenvalue weighted by molar-refractivity contribution is 7.89. The van der Waals surface area contributed by atoms with Crippen LogP contribution in [0.25, 0.3) is 0 Å². The highest BCUT2D eigenvalue weighted by Crippen LogP contribution is 2.02. The molecule has 74 valence electrons. The molecular formula is C7H16ClNO2S. The number of halogens is 1. The van der Waals surface area contributed by atoms with Gasteiger partial charge in [-0.25, -0.2) is 13.1 Å².